The molecule has 2 aromatic rings. The van der Waals surface area contributed by atoms with Gasteiger partial charge in [-0.3, -0.25) is 9.59 Å². The van der Waals surface area contributed by atoms with E-state index in [1.54, 1.807) is 16.7 Å². The van der Waals surface area contributed by atoms with Crippen molar-refractivity contribution in [2.45, 2.75) is 31.5 Å². The van der Waals surface area contributed by atoms with Crippen molar-refractivity contribution in [3.8, 4) is 11.1 Å². The first-order valence-electron chi connectivity index (χ1n) is 11.0. The molecule has 0 spiro atoms. The molecule has 2 N–H and O–H groups in total. The second kappa shape index (κ2) is 7.83. The molecular weight excluding hydrogens is 430 g/mol. The van der Waals surface area contributed by atoms with Crippen LogP contribution in [0.2, 0.25) is 0 Å². The van der Waals surface area contributed by atoms with Gasteiger partial charge in [0.15, 0.2) is 0 Å². The van der Waals surface area contributed by atoms with Gasteiger partial charge in [0.05, 0.1) is 18.2 Å². The quantitative estimate of drug-likeness (QED) is 0.672. The molecule has 8 nitrogen and oxygen atoms in total. The summed E-state index contributed by atoms with van der Waals surface area (Å²) in [4.78, 5) is 26.6. The summed E-state index contributed by atoms with van der Waals surface area (Å²) in [6, 6.07) is 11.3. The molecule has 170 valence electrons. The Morgan fingerprint density at radius 2 is 1.88 bits per heavy atom. The lowest BCUT2D eigenvalue weighted by molar-refractivity contribution is -0.127. The van der Waals surface area contributed by atoms with Crippen LogP contribution in [-0.2, 0) is 21.4 Å². The van der Waals surface area contributed by atoms with Crippen LogP contribution in [0.1, 0.15) is 24.6 Å². The summed E-state index contributed by atoms with van der Waals surface area (Å²) in [7, 11) is -3.68. The Hall–Kier alpha value is -2.49. The second-order valence-electron chi connectivity index (χ2n) is 9.12. The van der Waals surface area contributed by atoms with E-state index in [4.69, 9.17) is 0 Å². The van der Waals surface area contributed by atoms with Gasteiger partial charge in [0.2, 0.25) is 15.9 Å². The smallest absolute Gasteiger partial charge is 0.258 e. The fourth-order valence-corrected chi connectivity index (χ4v) is 6.70. The number of fused-ring (bicyclic) bond motifs is 4. The third-order valence-electron chi connectivity index (χ3n) is 7.02. The summed E-state index contributed by atoms with van der Waals surface area (Å²) >= 11 is 0. The van der Waals surface area contributed by atoms with Crippen LogP contribution in [0.25, 0.3) is 11.1 Å². The standard InChI is InChI=1S/C23H27N3O5S/c1-32(30,31)26-19-12-25-18(10-9-16(23(25)29)15-5-3-2-4-6-15)21(26)20(17(19)13-27)22(28)24-11-14-7-8-14/h2-6,9-10,14,17,19-21,27H,7-8,11-13H2,1H3,(H,24,28)/t17-,19-,20+,21+/m0/s1. The van der Waals surface area contributed by atoms with Gasteiger partial charge < -0.3 is 15.0 Å². The van der Waals surface area contributed by atoms with Crippen molar-refractivity contribution in [1.29, 1.82) is 0 Å². The van der Waals surface area contributed by atoms with Crippen molar-refractivity contribution in [3.63, 3.8) is 0 Å². The van der Waals surface area contributed by atoms with Crippen LogP contribution >= 0.6 is 0 Å². The normalized spacial score (nSPS) is 27.2. The van der Waals surface area contributed by atoms with Crippen LogP contribution in [0.4, 0.5) is 0 Å². The molecule has 1 amide bonds. The number of pyridine rings is 1. The lowest BCUT2D eigenvalue weighted by Gasteiger charge is -2.36. The van der Waals surface area contributed by atoms with Crippen molar-refractivity contribution in [2.75, 3.05) is 19.4 Å². The molecule has 4 atom stereocenters. The van der Waals surface area contributed by atoms with Crippen molar-refractivity contribution in [1.82, 2.24) is 14.2 Å². The molecule has 9 heteroatoms. The Morgan fingerprint density at radius 3 is 2.50 bits per heavy atom. The molecule has 2 fully saturated rings. The molecule has 1 saturated carbocycles. The molecule has 5 rings (SSSR count). The van der Waals surface area contributed by atoms with E-state index in [1.165, 1.54) is 4.31 Å². The molecule has 2 bridgehead atoms. The Labute approximate surface area is 186 Å². The summed E-state index contributed by atoms with van der Waals surface area (Å²) in [5, 5.41) is 13.2. The van der Waals surface area contributed by atoms with Gasteiger partial charge in [-0.25, -0.2) is 8.42 Å². The summed E-state index contributed by atoms with van der Waals surface area (Å²) in [6.07, 6.45) is 3.28. The van der Waals surface area contributed by atoms with Gasteiger partial charge >= 0.3 is 0 Å². The molecule has 2 aliphatic heterocycles. The number of aliphatic hydroxyl groups is 1. The number of sulfonamides is 1. The number of carbonyl (C=O) groups is 1. The highest BCUT2D eigenvalue weighted by atomic mass is 32.2. The minimum Gasteiger partial charge on any atom is -0.396 e. The number of amides is 1. The molecule has 1 aromatic carbocycles. The number of nitrogens with zero attached hydrogens (tertiary/aromatic N) is 2. The fraction of sp³-hybridized carbons (Fsp3) is 0.478. The van der Waals surface area contributed by atoms with Crippen LogP contribution in [-0.4, -0.2) is 53.8 Å². The predicted molar refractivity (Wildman–Crippen MR) is 119 cm³/mol. The number of hydrogen-bond donors (Lipinski definition) is 2. The Kier molecular flexibility index (Phi) is 5.22. The number of aliphatic hydroxyl groups excluding tert-OH is 1. The van der Waals surface area contributed by atoms with E-state index in [-0.39, 0.29) is 24.6 Å². The third kappa shape index (κ3) is 3.48. The minimum atomic E-state index is -3.68. The first kappa shape index (κ1) is 21.4. The van der Waals surface area contributed by atoms with Gasteiger partial charge in [0.1, 0.15) is 0 Å². The largest absolute Gasteiger partial charge is 0.396 e. The first-order valence-corrected chi connectivity index (χ1v) is 12.8. The van der Waals surface area contributed by atoms with E-state index in [0.29, 0.717) is 23.7 Å². The third-order valence-corrected chi connectivity index (χ3v) is 8.28. The van der Waals surface area contributed by atoms with Crippen molar-refractivity contribution < 1.29 is 18.3 Å². The summed E-state index contributed by atoms with van der Waals surface area (Å²) in [6.45, 7) is 0.336. The summed E-state index contributed by atoms with van der Waals surface area (Å²) < 4.78 is 28.5. The van der Waals surface area contributed by atoms with Gasteiger partial charge in [-0.2, -0.15) is 4.31 Å². The number of benzene rings is 1. The second-order valence-corrected chi connectivity index (χ2v) is 11.0. The molecule has 1 aromatic heterocycles. The maximum atomic E-state index is 13.4. The van der Waals surface area contributed by atoms with E-state index >= 15 is 0 Å². The van der Waals surface area contributed by atoms with Gasteiger partial charge in [-0.05, 0) is 36.5 Å². The number of rotatable bonds is 6. The molecule has 1 aliphatic carbocycles. The van der Waals surface area contributed by atoms with E-state index in [0.717, 1.165) is 24.7 Å². The van der Waals surface area contributed by atoms with Crippen LogP contribution < -0.4 is 10.9 Å². The Bertz CT molecular complexity index is 1210. The zero-order valence-electron chi connectivity index (χ0n) is 17.8. The molecule has 32 heavy (non-hydrogen) atoms. The van der Waals surface area contributed by atoms with Crippen molar-refractivity contribution in [2.24, 2.45) is 17.8 Å². The van der Waals surface area contributed by atoms with Crippen molar-refractivity contribution in [3.05, 3.63) is 58.5 Å². The topological polar surface area (TPSA) is 109 Å². The average Bonchev–Trinajstić information content (AvgIpc) is 3.56. The van der Waals surface area contributed by atoms with Gasteiger partial charge in [0.25, 0.3) is 5.56 Å². The van der Waals surface area contributed by atoms with E-state index in [1.807, 2.05) is 30.3 Å². The SMILES string of the molecule is CS(=O)(=O)N1[C@@H]2c3ccc(-c4ccccc4)c(=O)n3C[C@H]1[C@H](CO)[C@H]2C(=O)NCC1CC1. The van der Waals surface area contributed by atoms with Crippen LogP contribution in [0, 0.1) is 17.8 Å². The Balaban J connectivity index is 1.62. The molecule has 0 radical (unpaired) electrons. The number of carbonyl (C=O) groups excluding carboxylic acids is 1. The zero-order chi connectivity index (χ0) is 22.6. The average molecular weight is 458 g/mol. The minimum absolute atomic E-state index is 0.107. The van der Waals surface area contributed by atoms with Gasteiger partial charge in [-0.15, -0.1) is 0 Å². The van der Waals surface area contributed by atoms with Gasteiger partial charge in [-0.1, -0.05) is 30.3 Å². The molecular formula is C23H27N3O5S. The van der Waals surface area contributed by atoms with Crippen molar-refractivity contribution >= 4 is 15.9 Å². The molecule has 0 unspecified atom stereocenters. The van der Waals surface area contributed by atoms with Crippen LogP contribution in [0.15, 0.2) is 47.3 Å². The highest BCUT2D eigenvalue weighted by Gasteiger charge is 2.58. The van der Waals surface area contributed by atoms with E-state index in [9.17, 15) is 23.1 Å². The molecule has 1 saturated heterocycles. The highest BCUT2D eigenvalue weighted by molar-refractivity contribution is 7.88. The lowest BCUT2D eigenvalue weighted by Crippen LogP contribution is -2.48. The fourth-order valence-electron chi connectivity index (χ4n) is 5.33. The number of nitrogens with one attached hydrogen (secondary N) is 1. The Morgan fingerprint density at radius 1 is 1.16 bits per heavy atom. The number of hydrogen-bond acceptors (Lipinski definition) is 5. The van der Waals surface area contributed by atoms with E-state index in [2.05, 4.69) is 5.32 Å². The zero-order valence-corrected chi connectivity index (χ0v) is 18.7. The lowest BCUT2D eigenvalue weighted by atomic mass is 9.86. The monoisotopic (exact) mass is 457 g/mol. The predicted octanol–water partition coefficient (Wildman–Crippen LogP) is 0.965. The molecule has 3 heterocycles. The van der Waals surface area contributed by atoms with Gasteiger partial charge in [0, 0.05) is 42.9 Å². The molecule has 3 aliphatic rings. The maximum Gasteiger partial charge on any atom is 0.258 e. The highest BCUT2D eigenvalue weighted by Crippen LogP contribution is 2.49. The van der Waals surface area contributed by atoms with E-state index < -0.39 is 33.9 Å². The number of aromatic nitrogens is 1. The van der Waals surface area contributed by atoms with Crippen LogP contribution in [0.3, 0.4) is 0 Å². The summed E-state index contributed by atoms with van der Waals surface area (Å²) in [5.74, 6) is -1.13. The maximum absolute atomic E-state index is 13.4. The summed E-state index contributed by atoms with van der Waals surface area (Å²) in [5.41, 5.74) is 1.59. The first-order chi connectivity index (χ1) is 15.3. The van der Waals surface area contributed by atoms with Crippen LogP contribution in [0.5, 0.6) is 0 Å².